The van der Waals surface area contributed by atoms with Crippen molar-refractivity contribution in [1.29, 1.82) is 0 Å². The molecule has 0 aliphatic heterocycles. The number of pyridine rings is 2. The van der Waals surface area contributed by atoms with Gasteiger partial charge in [-0.15, -0.1) is 0 Å². The predicted octanol–water partition coefficient (Wildman–Crippen LogP) is 3.41. The molecule has 0 radical (unpaired) electrons. The minimum absolute atomic E-state index is 0.0278. The second kappa shape index (κ2) is 13.8. The molecule has 4 aromatic rings. The van der Waals surface area contributed by atoms with Gasteiger partial charge in [0.25, 0.3) is 11.5 Å². The van der Waals surface area contributed by atoms with E-state index in [0.717, 1.165) is 0 Å². The summed E-state index contributed by atoms with van der Waals surface area (Å²) in [7, 11) is 1.52. The van der Waals surface area contributed by atoms with Crippen molar-refractivity contribution in [2.24, 2.45) is 4.99 Å². The molecule has 0 bridgehead atoms. The lowest BCUT2D eigenvalue weighted by molar-refractivity contribution is 0.0523. The Kier molecular flexibility index (Phi) is 9.92. The van der Waals surface area contributed by atoms with Gasteiger partial charge in [0.1, 0.15) is 16.9 Å². The minimum atomic E-state index is -0.744. The molecule has 42 heavy (non-hydrogen) atoms. The van der Waals surface area contributed by atoms with Crippen LogP contribution >= 0.6 is 0 Å². The fraction of sp³-hybridized carbons (Fsp3) is 0.367. The first kappa shape index (κ1) is 30.3. The maximum absolute atomic E-state index is 13.8. The highest BCUT2D eigenvalue weighted by Gasteiger charge is 2.22. The third kappa shape index (κ3) is 6.13. The first-order chi connectivity index (χ1) is 20.4. The summed E-state index contributed by atoms with van der Waals surface area (Å²) in [6, 6.07) is 9.56. The zero-order valence-electron chi connectivity index (χ0n) is 24.3. The van der Waals surface area contributed by atoms with Gasteiger partial charge in [0, 0.05) is 25.4 Å². The maximum atomic E-state index is 13.8. The van der Waals surface area contributed by atoms with Gasteiger partial charge < -0.3 is 28.3 Å². The van der Waals surface area contributed by atoms with Crippen LogP contribution in [0.1, 0.15) is 48.4 Å². The van der Waals surface area contributed by atoms with E-state index in [1.807, 2.05) is 20.8 Å². The van der Waals surface area contributed by atoms with E-state index in [2.05, 4.69) is 9.98 Å². The third-order valence-corrected chi connectivity index (χ3v) is 6.17. The molecule has 0 aliphatic rings. The van der Waals surface area contributed by atoms with Crippen molar-refractivity contribution in [3.8, 4) is 17.2 Å². The zero-order valence-corrected chi connectivity index (χ0v) is 24.3. The number of carbonyl (C=O) groups excluding carboxylic acids is 2. The normalized spacial score (nSPS) is 11.6. The maximum Gasteiger partial charge on any atom is 0.341 e. The van der Waals surface area contributed by atoms with E-state index in [-0.39, 0.29) is 53.0 Å². The number of hydrogen-bond acceptors (Lipinski definition) is 9. The van der Waals surface area contributed by atoms with Crippen LogP contribution in [0, 0.1) is 0 Å². The molecule has 0 saturated heterocycles. The van der Waals surface area contributed by atoms with Crippen LogP contribution in [0.5, 0.6) is 17.2 Å². The highest BCUT2D eigenvalue weighted by Crippen LogP contribution is 2.39. The first-order valence-corrected chi connectivity index (χ1v) is 13.7. The quantitative estimate of drug-likeness (QED) is 0.183. The van der Waals surface area contributed by atoms with Gasteiger partial charge in [-0.25, -0.2) is 9.78 Å². The molecule has 3 aromatic heterocycles. The molecular weight excluding hydrogens is 544 g/mol. The van der Waals surface area contributed by atoms with Crippen molar-refractivity contribution < 1.29 is 33.3 Å². The number of aromatic nitrogens is 3. The Morgan fingerprint density at radius 3 is 2.24 bits per heavy atom. The number of amides is 1. The molecule has 1 amide bonds. The van der Waals surface area contributed by atoms with Crippen molar-refractivity contribution in [2.45, 2.75) is 34.2 Å². The van der Waals surface area contributed by atoms with Gasteiger partial charge in [0.2, 0.25) is 5.75 Å². The lowest BCUT2D eigenvalue weighted by atomic mass is 10.1. The van der Waals surface area contributed by atoms with Gasteiger partial charge in [-0.2, -0.15) is 4.99 Å². The van der Waals surface area contributed by atoms with Gasteiger partial charge >= 0.3 is 5.97 Å². The summed E-state index contributed by atoms with van der Waals surface area (Å²) < 4.78 is 30.8. The molecule has 0 saturated carbocycles. The number of nitrogens with zero attached hydrogens (tertiary/aromatic N) is 4. The van der Waals surface area contributed by atoms with Crippen molar-refractivity contribution in [1.82, 2.24) is 14.0 Å². The summed E-state index contributed by atoms with van der Waals surface area (Å²) in [4.78, 5) is 49.5. The zero-order chi connectivity index (χ0) is 30.2. The molecule has 12 heteroatoms. The SMILES string of the molecule is CCOC(=O)c1cc2c(=O)n3ccccc3nc2n(CCOC)c1=NC(=O)c1cc(OCC)c(OCC)c(OCC)c1. The molecule has 12 nitrogen and oxygen atoms in total. The van der Waals surface area contributed by atoms with Gasteiger partial charge in [0.05, 0.1) is 38.4 Å². The molecule has 222 valence electrons. The van der Waals surface area contributed by atoms with Crippen molar-refractivity contribution in [3.05, 3.63) is 69.6 Å². The number of carbonyl (C=O) groups is 2. The van der Waals surface area contributed by atoms with Crippen LogP contribution in [0.25, 0.3) is 16.7 Å². The topological polar surface area (TPSA) is 132 Å². The summed E-state index contributed by atoms with van der Waals surface area (Å²) in [6.07, 6.45) is 1.59. The smallest absolute Gasteiger partial charge is 0.341 e. The van der Waals surface area contributed by atoms with Gasteiger partial charge in [-0.1, -0.05) is 6.07 Å². The summed E-state index contributed by atoms with van der Waals surface area (Å²) in [5, 5.41) is 0.155. The molecule has 3 heterocycles. The monoisotopic (exact) mass is 578 g/mol. The highest BCUT2D eigenvalue weighted by molar-refractivity contribution is 5.98. The largest absolute Gasteiger partial charge is 0.490 e. The number of esters is 1. The average molecular weight is 579 g/mol. The fourth-order valence-corrected chi connectivity index (χ4v) is 4.42. The minimum Gasteiger partial charge on any atom is -0.490 e. The van der Waals surface area contributed by atoms with E-state index in [1.165, 1.54) is 34.3 Å². The number of methoxy groups -OCH3 is 1. The van der Waals surface area contributed by atoms with Crippen molar-refractivity contribution in [2.75, 3.05) is 40.1 Å². The van der Waals surface area contributed by atoms with E-state index in [0.29, 0.717) is 42.7 Å². The summed E-state index contributed by atoms with van der Waals surface area (Å²) >= 11 is 0. The van der Waals surface area contributed by atoms with Crippen LogP contribution in [0.4, 0.5) is 0 Å². The summed E-state index contributed by atoms with van der Waals surface area (Å²) in [5.41, 5.74) is 0.283. The van der Waals surface area contributed by atoms with Crippen LogP contribution in [-0.2, 0) is 16.0 Å². The van der Waals surface area contributed by atoms with E-state index in [4.69, 9.17) is 23.7 Å². The number of ether oxygens (including phenoxy) is 5. The van der Waals surface area contributed by atoms with Crippen molar-refractivity contribution >= 4 is 28.6 Å². The Bertz CT molecular complexity index is 1710. The molecule has 1 aromatic carbocycles. The van der Waals surface area contributed by atoms with E-state index >= 15 is 0 Å². The van der Waals surface area contributed by atoms with Gasteiger partial charge in [-0.05, 0) is 58.0 Å². The molecule has 0 fully saturated rings. The number of benzene rings is 1. The molecular formula is C30H34N4O8. The molecule has 0 spiro atoms. The predicted molar refractivity (Wildman–Crippen MR) is 155 cm³/mol. The number of rotatable bonds is 12. The van der Waals surface area contributed by atoms with Crippen LogP contribution < -0.4 is 25.3 Å². The third-order valence-electron chi connectivity index (χ3n) is 6.17. The molecule has 4 rings (SSSR count). The van der Waals surface area contributed by atoms with E-state index in [1.54, 1.807) is 31.3 Å². The van der Waals surface area contributed by atoms with Crippen LogP contribution in [-0.4, -0.2) is 66.0 Å². The Labute approximate surface area is 242 Å². The fourth-order valence-electron chi connectivity index (χ4n) is 4.42. The number of hydrogen-bond donors (Lipinski definition) is 0. The lowest BCUT2D eigenvalue weighted by Crippen LogP contribution is -2.33. The van der Waals surface area contributed by atoms with Gasteiger partial charge in [-0.3, -0.25) is 14.0 Å². The Balaban J connectivity index is 2.05. The first-order valence-electron chi connectivity index (χ1n) is 13.7. The molecule has 0 N–H and O–H groups in total. The second-order valence-corrected chi connectivity index (χ2v) is 8.85. The number of fused-ring (bicyclic) bond motifs is 2. The standard InChI is InChI=1S/C30H34N4O8/c1-6-39-22-16-19(17-23(40-7-2)25(22)41-8-3)28(35)32-27-21(30(37)42-9-4)18-20-26(34(27)14-15-38-5)31-24-12-10-11-13-33(24)29(20)36/h10-13,16-18H,6-9,14-15H2,1-5H3. The molecule has 0 atom stereocenters. The summed E-state index contributed by atoms with van der Waals surface area (Å²) in [6.45, 7) is 8.52. The van der Waals surface area contributed by atoms with Crippen LogP contribution in [0.15, 0.2) is 52.4 Å². The second-order valence-electron chi connectivity index (χ2n) is 8.85. The average Bonchev–Trinajstić information content (AvgIpc) is 2.98. The summed E-state index contributed by atoms with van der Waals surface area (Å²) in [5.74, 6) is -0.412. The molecule has 0 aliphatic carbocycles. The Morgan fingerprint density at radius 1 is 0.929 bits per heavy atom. The molecule has 0 unspecified atom stereocenters. The lowest BCUT2D eigenvalue weighted by Gasteiger charge is -2.17. The Hall–Kier alpha value is -4.71. The van der Waals surface area contributed by atoms with Gasteiger partial charge in [0.15, 0.2) is 17.0 Å². The van der Waals surface area contributed by atoms with Crippen LogP contribution in [0.2, 0.25) is 0 Å². The highest BCUT2D eigenvalue weighted by atomic mass is 16.5. The van der Waals surface area contributed by atoms with E-state index < -0.39 is 11.9 Å². The van der Waals surface area contributed by atoms with E-state index in [9.17, 15) is 14.4 Å². The van der Waals surface area contributed by atoms with Crippen molar-refractivity contribution in [3.63, 3.8) is 0 Å². The van der Waals surface area contributed by atoms with Crippen LogP contribution in [0.3, 0.4) is 0 Å². The Morgan fingerprint density at radius 2 is 1.62 bits per heavy atom.